The average molecular weight is 347 g/mol. The molecule has 7 heteroatoms. The van der Waals surface area contributed by atoms with Crippen molar-refractivity contribution < 1.29 is 28.9 Å². The number of nitrogens with zero attached hydrogens (tertiary/aromatic N) is 1. The van der Waals surface area contributed by atoms with E-state index in [9.17, 15) is 14.7 Å². The van der Waals surface area contributed by atoms with Gasteiger partial charge in [-0.3, -0.25) is 9.59 Å². The molecule has 2 heterocycles. The van der Waals surface area contributed by atoms with Gasteiger partial charge < -0.3 is 24.2 Å². The molecule has 2 aliphatic rings. The van der Waals surface area contributed by atoms with Crippen LogP contribution in [-0.2, 0) is 9.59 Å². The van der Waals surface area contributed by atoms with Crippen LogP contribution in [0.3, 0.4) is 0 Å². The lowest BCUT2D eigenvalue weighted by atomic mass is 9.90. The second-order valence-electron chi connectivity index (χ2n) is 6.46. The number of rotatable bonds is 4. The summed E-state index contributed by atoms with van der Waals surface area (Å²) in [6.45, 7) is 3.25. The summed E-state index contributed by atoms with van der Waals surface area (Å²) in [7, 11) is 1.54. The van der Waals surface area contributed by atoms with Crippen molar-refractivity contribution in [3.63, 3.8) is 0 Å². The maximum absolute atomic E-state index is 12.3. The highest BCUT2D eigenvalue weighted by Gasteiger charge is 2.41. The molecule has 1 aromatic carbocycles. The van der Waals surface area contributed by atoms with Crippen LogP contribution in [0.4, 0.5) is 0 Å². The summed E-state index contributed by atoms with van der Waals surface area (Å²) >= 11 is 0. The van der Waals surface area contributed by atoms with E-state index in [1.54, 1.807) is 37.1 Å². The molecule has 1 amide bonds. The Morgan fingerprint density at radius 3 is 2.76 bits per heavy atom. The highest BCUT2D eigenvalue weighted by molar-refractivity contribution is 5.93. The van der Waals surface area contributed by atoms with E-state index in [0.29, 0.717) is 43.4 Å². The molecule has 0 aromatic heterocycles. The van der Waals surface area contributed by atoms with Gasteiger partial charge in [-0.05, 0) is 37.1 Å². The van der Waals surface area contributed by atoms with Crippen molar-refractivity contribution in [3.05, 3.63) is 23.8 Å². The van der Waals surface area contributed by atoms with Gasteiger partial charge in [-0.25, -0.2) is 0 Å². The van der Waals surface area contributed by atoms with Gasteiger partial charge >= 0.3 is 5.97 Å². The van der Waals surface area contributed by atoms with Crippen LogP contribution in [0.15, 0.2) is 18.2 Å². The minimum Gasteiger partial charge on any atom is -0.493 e. The number of hydrogen-bond acceptors (Lipinski definition) is 5. The molecule has 7 nitrogen and oxygen atoms in total. The lowest BCUT2D eigenvalue weighted by molar-refractivity contribution is -0.147. The monoisotopic (exact) mass is 347 g/mol. The normalized spacial score (nSPS) is 22.2. The molecule has 134 valence electrons. The Hall–Kier alpha value is -2.70. The fraction of sp³-hybridized carbons (Fsp3) is 0.444. The predicted molar refractivity (Wildman–Crippen MR) is 90.0 cm³/mol. The van der Waals surface area contributed by atoms with E-state index < -0.39 is 11.4 Å². The molecule has 1 atom stereocenters. The molecule has 0 aliphatic carbocycles. The average Bonchev–Trinajstić information content (AvgIpc) is 3.03. The number of methoxy groups -OCH3 is 1. The number of carboxylic acid groups (broad SMARTS) is 1. The topological polar surface area (TPSA) is 85.3 Å². The standard InChI is InChI=1S/C18H21NO6/c1-18(17(21)22)5-6-19(11-18)15(20)4-3-12-9-13(23-2)16-14(10-12)24-7-8-25-16/h3-4,9-10H,5-8,11H2,1-2H3,(H,21,22). The van der Waals surface area contributed by atoms with Crippen LogP contribution in [0, 0.1) is 5.41 Å². The number of benzene rings is 1. The summed E-state index contributed by atoms with van der Waals surface area (Å²) in [6.07, 6.45) is 3.57. The third-order valence-electron chi connectivity index (χ3n) is 4.57. The number of carbonyl (C=O) groups is 2. The van der Waals surface area contributed by atoms with Crippen molar-refractivity contribution in [2.45, 2.75) is 13.3 Å². The molecule has 3 rings (SSSR count). The maximum atomic E-state index is 12.3. The van der Waals surface area contributed by atoms with E-state index in [4.69, 9.17) is 14.2 Å². The first kappa shape index (κ1) is 17.1. The highest BCUT2D eigenvalue weighted by Crippen LogP contribution is 2.40. The minimum atomic E-state index is -0.872. The Kier molecular flexibility index (Phi) is 4.57. The third-order valence-corrected chi connectivity index (χ3v) is 4.57. The molecule has 0 bridgehead atoms. The van der Waals surface area contributed by atoms with Crippen LogP contribution >= 0.6 is 0 Å². The van der Waals surface area contributed by atoms with Crippen molar-refractivity contribution in [1.29, 1.82) is 0 Å². The predicted octanol–water partition coefficient (Wildman–Crippen LogP) is 1.80. The van der Waals surface area contributed by atoms with Gasteiger partial charge in [0.25, 0.3) is 0 Å². The summed E-state index contributed by atoms with van der Waals surface area (Å²) in [5.41, 5.74) is -0.126. The Morgan fingerprint density at radius 1 is 1.32 bits per heavy atom. The van der Waals surface area contributed by atoms with Crippen molar-refractivity contribution in [2.75, 3.05) is 33.4 Å². The molecule has 1 unspecified atom stereocenters. The third kappa shape index (κ3) is 3.40. The summed E-state index contributed by atoms with van der Waals surface area (Å²) in [5, 5.41) is 9.25. The molecule has 0 radical (unpaired) electrons. The molecule has 2 aliphatic heterocycles. The molecule has 0 spiro atoms. The Labute approximate surface area is 145 Å². The second kappa shape index (κ2) is 6.66. The van der Waals surface area contributed by atoms with Crippen LogP contribution in [0.5, 0.6) is 17.2 Å². The highest BCUT2D eigenvalue weighted by atomic mass is 16.6. The number of fused-ring (bicyclic) bond motifs is 1. The van der Waals surface area contributed by atoms with Gasteiger partial charge in [0.15, 0.2) is 11.5 Å². The van der Waals surface area contributed by atoms with Crippen LogP contribution in [0.2, 0.25) is 0 Å². The molecular weight excluding hydrogens is 326 g/mol. The molecule has 25 heavy (non-hydrogen) atoms. The van der Waals surface area contributed by atoms with E-state index >= 15 is 0 Å². The van der Waals surface area contributed by atoms with Gasteiger partial charge in [-0.2, -0.15) is 0 Å². The van der Waals surface area contributed by atoms with Gasteiger partial charge in [0.05, 0.1) is 12.5 Å². The van der Waals surface area contributed by atoms with Gasteiger partial charge in [0.2, 0.25) is 11.7 Å². The van der Waals surface area contributed by atoms with Crippen LogP contribution in [0.25, 0.3) is 6.08 Å². The Morgan fingerprint density at radius 2 is 2.08 bits per heavy atom. The molecule has 1 aromatic rings. The molecule has 1 N–H and O–H groups in total. The number of hydrogen-bond donors (Lipinski definition) is 1. The molecule has 1 fully saturated rings. The largest absolute Gasteiger partial charge is 0.493 e. The van der Waals surface area contributed by atoms with Crippen molar-refractivity contribution in [1.82, 2.24) is 4.90 Å². The van der Waals surface area contributed by atoms with Crippen LogP contribution in [0.1, 0.15) is 18.9 Å². The van der Waals surface area contributed by atoms with E-state index in [2.05, 4.69) is 0 Å². The van der Waals surface area contributed by atoms with Gasteiger partial charge in [0, 0.05) is 19.2 Å². The number of aliphatic carboxylic acids is 1. The summed E-state index contributed by atoms with van der Waals surface area (Å²) in [5.74, 6) is 0.609. The van der Waals surface area contributed by atoms with E-state index in [1.807, 2.05) is 0 Å². The van der Waals surface area contributed by atoms with Crippen molar-refractivity contribution in [3.8, 4) is 17.2 Å². The maximum Gasteiger partial charge on any atom is 0.311 e. The summed E-state index contributed by atoms with van der Waals surface area (Å²) < 4.78 is 16.4. The van der Waals surface area contributed by atoms with Gasteiger partial charge in [0.1, 0.15) is 13.2 Å². The molecule has 1 saturated heterocycles. The zero-order valence-electron chi connectivity index (χ0n) is 14.3. The fourth-order valence-corrected chi connectivity index (χ4v) is 2.99. The Bertz CT molecular complexity index is 711. The Balaban J connectivity index is 1.74. The summed E-state index contributed by atoms with van der Waals surface area (Å²) in [4.78, 5) is 25.2. The number of carboxylic acids is 1. The summed E-state index contributed by atoms with van der Waals surface area (Å²) in [6, 6.07) is 3.55. The van der Waals surface area contributed by atoms with Crippen molar-refractivity contribution in [2.24, 2.45) is 5.41 Å². The first-order valence-corrected chi connectivity index (χ1v) is 8.11. The first-order chi connectivity index (χ1) is 11.9. The minimum absolute atomic E-state index is 0.209. The molecule has 0 saturated carbocycles. The van der Waals surface area contributed by atoms with Crippen LogP contribution < -0.4 is 14.2 Å². The lowest BCUT2D eigenvalue weighted by Crippen LogP contribution is -2.34. The van der Waals surface area contributed by atoms with E-state index in [-0.39, 0.29) is 12.5 Å². The number of carbonyl (C=O) groups excluding carboxylic acids is 1. The van der Waals surface area contributed by atoms with E-state index in [1.165, 1.54) is 6.08 Å². The molecular formula is C18H21NO6. The smallest absolute Gasteiger partial charge is 0.311 e. The lowest BCUT2D eigenvalue weighted by Gasteiger charge is -2.21. The number of likely N-dealkylation sites (tertiary alicyclic amines) is 1. The van der Waals surface area contributed by atoms with Gasteiger partial charge in [-0.1, -0.05) is 0 Å². The zero-order chi connectivity index (χ0) is 18.0. The van der Waals surface area contributed by atoms with E-state index in [0.717, 1.165) is 5.56 Å². The quantitative estimate of drug-likeness (QED) is 0.836. The number of amides is 1. The van der Waals surface area contributed by atoms with Crippen molar-refractivity contribution >= 4 is 18.0 Å². The first-order valence-electron chi connectivity index (χ1n) is 8.11. The van der Waals surface area contributed by atoms with Crippen LogP contribution in [-0.4, -0.2) is 55.3 Å². The SMILES string of the molecule is COc1cc(C=CC(=O)N2CCC(C)(C(=O)O)C2)cc2c1OCCO2. The number of ether oxygens (including phenoxy) is 3. The fourth-order valence-electron chi connectivity index (χ4n) is 2.99. The second-order valence-corrected chi connectivity index (χ2v) is 6.46. The van der Waals surface area contributed by atoms with Gasteiger partial charge in [-0.15, -0.1) is 0 Å². The zero-order valence-corrected chi connectivity index (χ0v) is 14.3.